The molecule has 0 aliphatic carbocycles. The van der Waals surface area contributed by atoms with E-state index >= 15 is 0 Å². The molecule has 0 aromatic heterocycles. The molecule has 0 spiro atoms. The molecule has 0 atom stereocenters. The lowest BCUT2D eigenvalue weighted by Crippen LogP contribution is -2.16. The summed E-state index contributed by atoms with van der Waals surface area (Å²) in [6.45, 7) is 0. The van der Waals surface area contributed by atoms with E-state index in [1.807, 2.05) is 18.2 Å². The quantitative estimate of drug-likeness (QED) is 0.476. The molecule has 3 nitrogen and oxygen atoms in total. The first-order chi connectivity index (χ1) is 11.9. The number of hydrogen-bond donors (Lipinski definition) is 0. The van der Waals surface area contributed by atoms with E-state index in [0.29, 0.717) is 15.7 Å². The van der Waals surface area contributed by atoms with Crippen molar-refractivity contribution < 1.29 is 22.7 Å². The third-order valence-electron chi connectivity index (χ3n) is 4.25. The monoisotopic (exact) mass is 341 g/mol. The molecule has 0 unspecified atom stereocenters. The van der Waals surface area contributed by atoms with Crippen LogP contribution in [-0.4, -0.2) is 16.2 Å². The first-order valence-corrected chi connectivity index (χ1v) is 7.46. The van der Waals surface area contributed by atoms with Crippen molar-refractivity contribution >= 4 is 28.0 Å². The summed E-state index contributed by atoms with van der Waals surface area (Å²) in [4.78, 5) is 12.7. The number of alkyl halides is 3. The number of halogens is 3. The van der Waals surface area contributed by atoms with Crippen molar-refractivity contribution in [1.82, 2.24) is 0 Å². The minimum absolute atomic E-state index is 0.0223. The zero-order valence-corrected chi connectivity index (χ0v) is 12.7. The van der Waals surface area contributed by atoms with Crippen LogP contribution in [0.15, 0.2) is 60.7 Å². The first kappa shape index (κ1) is 15.4. The molecule has 124 valence electrons. The fourth-order valence-electron chi connectivity index (χ4n) is 3.07. The van der Waals surface area contributed by atoms with Gasteiger partial charge in [0.2, 0.25) is 5.69 Å². The molecular weight excluding hydrogens is 331 g/mol. The van der Waals surface area contributed by atoms with Crippen molar-refractivity contribution in [2.24, 2.45) is 0 Å². The number of ketones is 1. The van der Waals surface area contributed by atoms with Crippen molar-refractivity contribution in [3.05, 3.63) is 82.6 Å². The lowest BCUT2D eigenvalue weighted by Gasteiger charge is -2.08. The Labute approximate surface area is 140 Å². The minimum Gasteiger partial charge on any atom is -0.618 e. The summed E-state index contributed by atoms with van der Waals surface area (Å²) < 4.78 is 39.0. The van der Waals surface area contributed by atoms with Gasteiger partial charge in [0.05, 0.1) is 11.1 Å². The van der Waals surface area contributed by atoms with Gasteiger partial charge in [-0.3, -0.25) is 4.79 Å². The van der Waals surface area contributed by atoms with E-state index < -0.39 is 17.5 Å². The van der Waals surface area contributed by atoms with Gasteiger partial charge < -0.3 is 5.21 Å². The van der Waals surface area contributed by atoms with Crippen LogP contribution in [-0.2, 0) is 6.18 Å². The molecule has 1 heterocycles. The van der Waals surface area contributed by atoms with E-state index in [2.05, 4.69) is 0 Å². The Kier molecular flexibility index (Phi) is 3.18. The van der Waals surface area contributed by atoms with Gasteiger partial charge in [0.25, 0.3) is 11.5 Å². The summed E-state index contributed by atoms with van der Waals surface area (Å²) >= 11 is 0. The van der Waals surface area contributed by atoms with Gasteiger partial charge in [0, 0.05) is 6.07 Å². The highest BCUT2D eigenvalue weighted by Gasteiger charge is 2.40. The van der Waals surface area contributed by atoms with Crippen LogP contribution in [0.25, 0.3) is 10.8 Å². The van der Waals surface area contributed by atoms with Gasteiger partial charge in [0.1, 0.15) is 5.56 Å². The highest BCUT2D eigenvalue weighted by atomic mass is 19.4. The molecule has 0 radical (unpaired) electrons. The van der Waals surface area contributed by atoms with Gasteiger partial charge >= 0.3 is 6.18 Å². The Morgan fingerprint density at radius 3 is 2.36 bits per heavy atom. The summed E-state index contributed by atoms with van der Waals surface area (Å²) in [6, 6.07) is 15.0. The highest BCUT2D eigenvalue weighted by molar-refractivity contribution is 6.53. The Morgan fingerprint density at radius 2 is 1.60 bits per heavy atom. The standard InChI is InChI=1S/C19H10F3NO2/c20-19(21,22)12-8-9-15-16(10-12)23(25)17(18(15)24)14-7-3-5-11-4-1-2-6-13(11)14/h1-10H. The van der Waals surface area contributed by atoms with Gasteiger partial charge in [-0.25, -0.2) is 0 Å². The highest BCUT2D eigenvalue weighted by Crippen LogP contribution is 2.36. The van der Waals surface area contributed by atoms with E-state index in [1.54, 1.807) is 24.3 Å². The molecule has 3 aromatic rings. The predicted octanol–water partition coefficient (Wildman–Crippen LogP) is 4.69. The van der Waals surface area contributed by atoms with Crippen LogP contribution in [0.4, 0.5) is 18.9 Å². The van der Waals surface area contributed by atoms with Crippen LogP contribution in [0.3, 0.4) is 0 Å². The Hall–Kier alpha value is -3.15. The third kappa shape index (κ3) is 2.29. The Bertz CT molecular complexity index is 1060. The lowest BCUT2D eigenvalue weighted by molar-refractivity contribution is -0.355. The molecule has 3 aromatic carbocycles. The Morgan fingerprint density at radius 1 is 0.880 bits per heavy atom. The number of Topliss-reactive ketones (excluding diaryl/α,β-unsaturated/α-hetero) is 1. The van der Waals surface area contributed by atoms with Crippen LogP contribution in [0, 0.1) is 5.21 Å². The maximum Gasteiger partial charge on any atom is 0.416 e. The number of fused-ring (bicyclic) bond motifs is 2. The van der Waals surface area contributed by atoms with Crippen molar-refractivity contribution in [3.8, 4) is 0 Å². The number of hydrogen-bond acceptors (Lipinski definition) is 2. The third-order valence-corrected chi connectivity index (χ3v) is 4.25. The molecular formula is C19H10F3NO2. The molecule has 0 bridgehead atoms. The molecule has 0 saturated heterocycles. The van der Waals surface area contributed by atoms with Crippen LogP contribution in [0.1, 0.15) is 21.5 Å². The van der Waals surface area contributed by atoms with E-state index in [1.165, 1.54) is 0 Å². The molecule has 0 fully saturated rings. The second-order valence-electron chi connectivity index (χ2n) is 5.73. The summed E-state index contributed by atoms with van der Waals surface area (Å²) in [7, 11) is 0. The predicted molar refractivity (Wildman–Crippen MR) is 87.1 cm³/mol. The Balaban J connectivity index is 1.96. The average Bonchev–Trinajstić information content (AvgIpc) is 2.84. The van der Waals surface area contributed by atoms with Crippen molar-refractivity contribution in [3.63, 3.8) is 0 Å². The van der Waals surface area contributed by atoms with E-state index in [4.69, 9.17) is 0 Å². The van der Waals surface area contributed by atoms with Gasteiger partial charge in [-0.05, 0) is 29.0 Å². The maximum absolute atomic E-state index is 12.9. The van der Waals surface area contributed by atoms with Crippen LogP contribution in [0.2, 0.25) is 0 Å². The summed E-state index contributed by atoms with van der Waals surface area (Å²) in [5, 5.41) is 14.1. The molecule has 0 N–H and O–H groups in total. The van der Waals surface area contributed by atoms with Gasteiger partial charge in [-0.2, -0.15) is 17.9 Å². The maximum atomic E-state index is 12.9. The zero-order chi connectivity index (χ0) is 17.8. The molecule has 0 amide bonds. The van der Waals surface area contributed by atoms with Crippen molar-refractivity contribution in [1.29, 1.82) is 0 Å². The molecule has 6 heteroatoms. The lowest BCUT2D eigenvalue weighted by atomic mass is 9.97. The topological polar surface area (TPSA) is 43.1 Å². The SMILES string of the molecule is O=C1C(c2cccc3ccccc23)=[N+]([O-])c2cc(C(F)(F)F)ccc21. The summed E-state index contributed by atoms with van der Waals surface area (Å²) in [5.41, 5.74) is -1.01. The van der Waals surface area contributed by atoms with Gasteiger partial charge in [-0.15, -0.1) is 0 Å². The van der Waals surface area contributed by atoms with Crippen molar-refractivity contribution in [2.45, 2.75) is 6.18 Å². The first-order valence-electron chi connectivity index (χ1n) is 7.46. The number of rotatable bonds is 1. The second kappa shape index (κ2) is 5.17. The zero-order valence-electron chi connectivity index (χ0n) is 12.7. The normalized spacial score (nSPS) is 14.3. The molecule has 1 aliphatic heterocycles. The van der Waals surface area contributed by atoms with Gasteiger partial charge in [0.15, 0.2) is 0 Å². The van der Waals surface area contributed by atoms with Crippen LogP contribution in [0.5, 0.6) is 0 Å². The fraction of sp³-hybridized carbons (Fsp3) is 0.0526. The largest absolute Gasteiger partial charge is 0.618 e. The number of benzene rings is 3. The average molecular weight is 341 g/mol. The van der Waals surface area contributed by atoms with Crippen molar-refractivity contribution in [2.75, 3.05) is 0 Å². The number of nitrogens with zero attached hydrogens (tertiary/aromatic N) is 1. The fourth-order valence-corrected chi connectivity index (χ4v) is 3.07. The van der Waals surface area contributed by atoms with E-state index in [-0.39, 0.29) is 17.0 Å². The van der Waals surface area contributed by atoms with Crippen LogP contribution >= 0.6 is 0 Å². The second-order valence-corrected chi connectivity index (χ2v) is 5.73. The molecule has 25 heavy (non-hydrogen) atoms. The smallest absolute Gasteiger partial charge is 0.416 e. The molecule has 4 rings (SSSR count). The minimum atomic E-state index is -4.58. The van der Waals surface area contributed by atoms with E-state index in [9.17, 15) is 23.2 Å². The van der Waals surface area contributed by atoms with Crippen LogP contribution < -0.4 is 0 Å². The number of carbonyl (C=O) groups is 1. The molecule has 1 aliphatic rings. The summed E-state index contributed by atoms with van der Waals surface area (Å²) in [5.74, 6) is -0.574. The van der Waals surface area contributed by atoms with E-state index in [0.717, 1.165) is 23.6 Å². The number of carbonyl (C=O) groups excluding carboxylic acids is 1. The van der Waals surface area contributed by atoms with Gasteiger partial charge in [-0.1, -0.05) is 36.4 Å². The summed E-state index contributed by atoms with van der Waals surface area (Å²) in [6.07, 6.45) is -4.58. The molecule has 0 saturated carbocycles.